The number of fused-ring (bicyclic) bond motifs is 4. The van der Waals surface area contributed by atoms with Crippen LogP contribution in [0.25, 0.3) is 0 Å². The molecule has 1 nitrogen and oxygen atoms in total. The first-order chi connectivity index (χ1) is 7.38. The van der Waals surface area contributed by atoms with Crippen LogP contribution in [-0.2, 0) is 4.74 Å². The zero-order chi connectivity index (χ0) is 9.83. The minimum absolute atomic E-state index is 0.674. The van der Waals surface area contributed by atoms with Crippen molar-refractivity contribution in [2.75, 3.05) is 0 Å². The lowest BCUT2D eigenvalue weighted by Gasteiger charge is -2.30. The molecule has 0 aliphatic heterocycles. The van der Waals surface area contributed by atoms with Crippen molar-refractivity contribution in [3.05, 3.63) is 0 Å². The first-order valence-corrected chi connectivity index (χ1v) is 7.04. The summed E-state index contributed by atoms with van der Waals surface area (Å²) in [5.74, 6) is 3.99. The molecule has 0 amide bonds. The highest BCUT2D eigenvalue weighted by atomic mass is 16.5. The molecule has 4 saturated carbocycles. The summed E-state index contributed by atoms with van der Waals surface area (Å²) < 4.78 is 6.44. The van der Waals surface area contributed by atoms with Gasteiger partial charge in [0.1, 0.15) is 0 Å². The smallest absolute Gasteiger partial charge is 0.0609 e. The van der Waals surface area contributed by atoms with Gasteiger partial charge < -0.3 is 4.74 Å². The fourth-order valence-corrected chi connectivity index (χ4v) is 4.93. The second-order valence-corrected chi connectivity index (χ2v) is 6.56. The molecule has 4 fully saturated rings. The lowest BCUT2D eigenvalue weighted by Crippen LogP contribution is -2.30. The van der Waals surface area contributed by atoms with Crippen molar-refractivity contribution in [3.63, 3.8) is 0 Å². The lowest BCUT2D eigenvalue weighted by atomic mass is 9.95. The van der Waals surface area contributed by atoms with E-state index < -0.39 is 0 Å². The fraction of sp³-hybridized carbons (Fsp3) is 1.00. The highest BCUT2D eigenvalue weighted by Crippen LogP contribution is 2.50. The molecule has 4 bridgehead atoms. The van der Waals surface area contributed by atoms with Crippen LogP contribution in [0.4, 0.5) is 0 Å². The number of hydrogen-bond donors (Lipinski definition) is 0. The molecule has 4 aliphatic rings. The lowest BCUT2D eigenvalue weighted by molar-refractivity contribution is -0.0622. The van der Waals surface area contributed by atoms with Crippen molar-refractivity contribution >= 4 is 0 Å². The first kappa shape index (κ1) is 9.04. The van der Waals surface area contributed by atoms with Gasteiger partial charge in [-0.2, -0.15) is 0 Å². The molecule has 0 N–H and O–H groups in total. The molecule has 0 saturated heterocycles. The fourth-order valence-electron chi connectivity index (χ4n) is 4.93. The maximum atomic E-state index is 6.44. The predicted octanol–water partition coefficient (Wildman–Crippen LogP) is 3.38. The largest absolute Gasteiger partial charge is 0.374 e. The molecule has 0 aromatic carbocycles. The summed E-state index contributed by atoms with van der Waals surface area (Å²) in [5, 5.41) is 0. The Hall–Kier alpha value is -0.0400. The van der Waals surface area contributed by atoms with Crippen LogP contribution in [0, 0.1) is 23.7 Å². The molecular formula is C14H22O. The van der Waals surface area contributed by atoms with E-state index in [4.69, 9.17) is 4.74 Å². The van der Waals surface area contributed by atoms with E-state index in [1.165, 1.54) is 51.4 Å². The summed E-state index contributed by atoms with van der Waals surface area (Å²) in [7, 11) is 0. The van der Waals surface area contributed by atoms with Crippen molar-refractivity contribution in [3.8, 4) is 0 Å². The van der Waals surface area contributed by atoms with Crippen molar-refractivity contribution < 1.29 is 4.74 Å². The second kappa shape index (κ2) is 3.23. The van der Waals surface area contributed by atoms with Crippen LogP contribution in [0.1, 0.15) is 51.4 Å². The Morgan fingerprint density at radius 2 is 1.13 bits per heavy atom. The topological polar surface area (TPSA) is 9.23 Å². The summed E-state index contributed by atoms with van der Waals surface area (Å²) in [6, 6.07) is 0. The minimum Gasteiger partial charge on any atom is -0.374 e. The highest BCUT2D eigenvalue weighted by Gasteiger charge is 2.45. The quantitative estimate of drug-likeness (QED) is 0.673. The predicted molar refractivity (Wildman–Crippen MR) is 59.6 cm³/mol. The number of rotatable bonds is 2. The van der Waals surface area contributed by atoms with E-state index in [2.05, 4.69) is 0 Å². The van der Waals surface area contributed by atoms with E-state index in [0.29, 0.717) is 12.2 Å². The maximum absolute atomic E-state index is 6.44. The van der Waals surface area contributed by atoms with Crippen LogP contribution in [0.3, 0.4) is 0 Å². The van der Waals surface area contributed by atoms with E-state index in [-0.39, 0.29) is 0 Å². The third kappa shape index (κ3) is 1.39. The van der Waals surface area contributed by atoms with E-state index in [1.807, 2.05) is 0 Å². The van der Waals surface area contributed by atoms with Crippen LogP contribution in [0.5, 0.6) is 0 Å². The summed E-state index contributed by atoms with van der Waals surface area (Å²) >= 11 is 0. The Labute approximate surface area is 92.6 Å². The van der Waals surface area contributed by atoms with Crippen LogP contribution >= 0.6 is 0 Å². The molecular weight excluding hydrogens is 184 g/mol. The molecule has 0 aromatic rings. The van der Waals surface area contributed by atoms with Gasteiger partial charge in [0.25, 0.3) is 0 Å². The van der Waals surface area contributed by atoms with Gasteiger partial charge in [0.05, 0.1) is 12.2 Å². The standard InChI is InChI=1S/C14H22O/c1-3-11-5-9(1)7-13(11)15-14-8-10-2-4-12(14)6-10/h9-14H,1-8H2/t9?,10?,11-,12-,13?,14?/m1/s1. The van der Waals surface area contributed by atoms with Gasteiger partial charge in [-0.1, -0.05) is 0 Å². The highest BCUT2D eigenvalue weighted by molar-refractivity contribution is 4.95. The molecule has 15 heavy (non-hydrogen) atoms. The third-order valence-corrected chi connectivity index (χ3v) is 5.70. The van der Waals surface area contributed by atoms with Gasteiger partial charge in [-0.25, -0.2) is 0 Å². The second-order valence-electron chi connectivity index (χ2n) is 6.56. The Bertz CT molecular complexity index is 236. The van der Waals surface area contributed by atoms with Gasteiger partial charge in [-0.3, -0.25) is 0 Å². The molecule has 6 atom stereocenters. The zero-order valence-corrected chi connectivity index (χ0v) is 9.53. The Morgan fingerprint density at radius 3 is 1.47 bits per heavy atom. The van der Waals surface area contributed by atoms with E-state index in [9.17, 15) is 0 Å². The summed E-state index contributed by atoms with van der Waals surface area (Å²) in [5.41, 5.74) is 0. The maximum Gasteiger partial charge on any atom is 0.0609 e. The minimum atomic E-state index is 0.674. The number of hydrogen-bond acceptors (Lipinski definition) is 1. The third-order valence-electron chi connectivity index (χ3n) is 5.70. The molecule has 0 heterocycles. The molecule has 0 aromatic heterocycles. The van der Waals surface area contributed by atoms with E-state index in [1.54, 1.807) is 0 Å². The van der Waals surface area contributed by atoms with Gasteiger partial charge in [-0.15, -0.1) is 0 Å². The van der Waals surface area contributed by atoms with Gasteiger partial charge in [0, 0.05) is 0 Å². The first-order valence-electron chi connectivity index (χ1n) is 7.04. The van der Waals surface area contributed by atoms with E-state index in [0.717, 1.165) is 23.7 Å². The molecule has 4 unspecified atom stereocenters. The summed E-state index contributed by atoms with van der Waals surface area (Å²) in [6.45, 7) is 0. The van der Waals surface area contributed by atoms with Gasteiger partial charge >= 0.3 is 0 Å². The molecule has 84 valence electrons. The molecule has 1 heteroatoms. The van der Waals surface area contributed by atoms with Crippen LogP contribution < -0.4 is 0 Å². The Morgan fingerprint density at radius 1 is 0.600 bits per heavy atom. The van der Waals surface area contributed by atoms with Gasteiger partial charge in [0.2, 0.25) is 0 Å². The van der Waals surface area contributed by atoms with Crippen LogP contribution in [0.15, 0.2) is 0 Å². The Kier molecular flexibility index (Phi) is 1.94. The number of ether oxygens (including phenoxy) is 1. The zero-order valence-electron chi connectivity index (χ0n) is 9.53. The molecule has 0 spiro atoms. The Balaban J connectivity index is 1.40. The summed E-state index contributed by atoms with van der Waals surface area (Å²) in [6.07, 6.45) is 13.1. The van der Waals surface area contributed by atoms with Crippen molar-refractivity contribution in [2.24, 2.45) is 23.7 Å². The monoisotopic (exact) mass is 206 g/mol. The van der Waals surface area contributed by atoms with Crippen molar-refractivity contribution in [1.29, 1.82) is 0 Å². The average molecular weight is 206 g/mol. The average Bonchev–Trinajstić information content (AvgIpc) is 2.96. The van der Waals surface area contributed by atoms with Crippen LogP contribution in [0.2, 0.25) is 0 Å². The molecule has 4 aliphatic carbocycles. The van der Waals surface area contributed by atoms with Crippen molar-refractivity contribution in [2.45, 2.75) is 63.6 Å². The molecule has 0 radical (unpaired) electrons. The summed E-state index contributed by atoms with van der Waals surface area (Å²) in [4.78, 5) is 0. The van der Waals surface area contributed by atoms with Gasteiger partial charge in [-0.05, 0) is 75.0 Å². The van der Waals surface area contributed by atoms with Crippen molar-refractivity contribution in [1.82, 2.24) is 0 Å². The normalized spacial score (nSPS) is 56.8. The molecule has 4 rings (SSSR count). The van der Waals surface area contributed by atoms with E-state index >= 15 is 0 Å². The van der Waals surface area contributed by atoms with Crippen LogP contribution in [-0.4, -0.2) is 12.2 Å². The van der Waals surface area contributed by atoms with Gasteiger partial charge in [0.15, 0.2) is 0 Å². The SMILES string of the molecule is C1C[C@@H]2CC1CC2OC1CC2CC[C@@H]1C2.